The smallest absolute Gasteiger partial charge is 0.328 e. The van der Waals surface area contributed by atoms with E-state index in [1.807, 2.05) is 0 Å². The van der Waals surface area contributed by atoms with Crippen LogP contribution in [0.4, 0.5) is 0 Å². The number of primary amides is 1. The van der Waals surface area contributed by atoms with Gasteiger partial charge < -0.3 is 125 Å². The van der Waals surface area contributed by atoms with Crippen LogP contribution in [0, 0.1) is 5.92 Å². The van der Waals surface area contributed by atoms with E-state index in [2.05, 4.69) is 70.7 Å². The lowest BCUT2D eigenvalue weighted by molar-refractivity contribution is -0.155. The highest BCUT2D eigenvalue weighted by molar-refractivity contribution is 6.00. The number of aromatic hydroxyl groups is 1. The predicted octanol–water partition coefficient (Wildman–Crippen LogP) is -5.95. The predicted molar refractivity (Wildman–Crippen MR) is 406 cm³/mol. The van der Waals surface area contributed by atoms with E-state index in [1.165, 1.54) is 45.0 Å². The number of carbonyl (C=O) groups is 15. The number of cyclic esters (lactones) is 1. The van der Waals surface area contributed by atoms with Crippen LogP contribution >= 0.6 is 0 Å². The van der Waals surface area contributed by atoms with Crippen molar-refractivity contribution in [2.45, 2.75) is 305 Å². The molecule has 20 atom stereocenters. The topological polar surface area (TPSA) is 604 Å². The van der Waals surface area contributed by atoms with Crippen LogP contribution in [-0.4, -0.2) is 293 Å². The number of nitrogens with one attached hydrogen (secondary N) is 12. The Bertz CT molecular complexity index is 3440. The largest absolute Gasteiger partial charge is 0.508 e. The molecule has 0 saturated carbocycles. The number of benzene rings is 1. The molecular weight excluding hydrogens is 1490 g/mol. The van der Waals surface area contributed by atoms with Gasteiger partial charge in [0.2, 0.25) is 82.7 Å². The van der Waals surface area contributed by atoms with E-state index < -0.39 is 249 Å². The van der Waals surface area contributed by atoms with Crippen LogP contribution in [0.3, 0.4) is 0 Å². The number of rotatable bonds is 27. The number of amides is 14. The molecule has 4 fully saturated rings. The van der Waals surface area contributed by atoms with E-state index in [4.69, 9.17) is 10.5 Å². The van der Waals surface area contributed by atoms with Gasteiger partial charge in [0.1, 0.15) is 78.3 Å². The molecule has 1 aromatic rings. The number of carbonyl (C=O) groups excluding carboxylic acids is 15. The van der Waals surface area contributed by atoms with Crippen molar-refractivity contribution < 1.29 is 118 Å². The van der Waals surface area contributed by atoms with Crippen molar-refractivity contribution in [2.24, 2.45) is 11.7 Å². The number of nitrogens with zero attached hydrogens (tertiary/aromatic N) is 2. The molecule has 39 heteroatoms. The van der Waals surface area contributed by atoms with Crippen LogP contribution in [0.2, 0.25) is 0 Å². The fraction of sp³-hybridized carbons (Fsp3) is 0.720. The van der Waals surface area contributed by atoms with Crippen molar-refractivity contribution in [3.63, 3.8) is 0 Å². The van der Waals surface area contributed by atoms with Gasteiger partial charge in [0, 0.05) is 32.5 Å². The summed E-state index contributed by atoms with van der Waals surface area (Å²) in [5.41, 5.74) is 5.72. The molecule has 4 aliphatic rings. The monoisotopic (exact) mass is 1620 g/mol. The number of phenolic OH excluding ortho intramolecular Hbond substituents is 1. The highest BCUT2D eigenvalue weighted by Gasteiger charge is 2.49. The Labute approximate surface area is 662 Å². The van der Waals surface area contributed by atoms with E-state index in [0.717, 1.165) is 90.4 Å². The van der Waals surface area contributed by atoms with Crippen molar-refractivity contribution in [3.05, 3.63) is 29.8 Å². The van der Waals surface area contributed by atoms with Gasteiger partial charge in [-0.25, -0.2) is 4.79 Å². The average Bonchev–Trinajstić information content (AvgIpc) is 1.63. The maximum atomic E-state index is 14.8. The molecule has 0 unspecified atom stereocenters. The minimum absolute atomic E-state index is 0.000278. The highest BCUT2D eigenvalue weighted by Crippen LogP contribution is 2.25. The van der Waals surface area contributed by atoms with E-state index in [-0.39, 0.29) is 50.3 Å². The summed E-state index contributed by atoms with van der Waals surface area (Å²) in [6.07, 6.45) is -6.04. The van der Waals surface area contributed by atoms with E-state index in [1.54, 1.807) is 0 Å². The maximum Gasteiger partial charge on any atom is 0.328 e. The number of hydrogen-bond donors (Lipinski definition) is 21. The molecule has 22 N–H and O–H groups in total. The second-order valence-corrected chi connectivity index (χ2v) is 30.5. The molecule has 4 heterocycles. The van der Waals surface area contributed by atoms with Crippen molar-refractivity contribution >= 4 is 88.7 Å². The van der Waals surface area contributed by atoms with Gasteiger partial charge in [0.15, 0.2) is 0 Å². The molecule has 640 valence electrons. The van der Waals surface area contributed by atoms with Crippen LogP contribution in [0.15, 0.2) is 24.3 Å². The summed E-state index contributed by atoms with van der Waals surface area (Å²) >= 11 is 0. The van der Waals surface area contributed by atoms with Crippen molar-refractivity contribution in [2.75, 3.05) is 32.7 Å². The SMILES string of the molecule is CCCCCCCCCCCCC[C@@H]1CC(=O)N[C@H]([C@@H](C)O)C(=O)N[C@H](C)C(=O)N[C@@H](Cc2ccc(O)cc2)C(=O)N[C@@H](C(C)C)C(=O)N2C[C@H](O)C[C@H]2C(=O)N[C@H]([C@@H](C)O)C(=O)N[C@@H]([C@@H](C)O)C(=O)N2CC[C@H](O)[C@H]2C(=O)N[C@@H]([C@H](O)CC(N)=O)C(=O)NCC(=O)N[C@H]([C@@H](C)O)C(=O)N[C@@H](CCCNC(=O)[C@@H]2CCN2)C(=O)O1. The summed E-state index contributed by atoms with van der Waals surface area (Å²) in [4.78, 5) is 213. The zero-order chi connectivity index (χ0) is 84.8. The minimum Gasteiger partial charge on any atom is -0.508 e. The summed E-state index contributed by atoms with van der Waals surface area (Å²) in [7, 11) is 0. The number of hydrogen-bond acceptors (Lipinski definition) is 25. The Morgan fingerprint density at radius 2 is 1.08 bits per heavy atom. The first-order chi connectivity index (χ1) is 53.8. The van der Waals surface area contributed by atoms with Gasteiger partial charge >= 0.3 is 5.97 Å². The number of aliphatic hydroxyl groups excluding tert-OH is 7. The quantitative estimate of drug-likeness (QED) is 0.0288. The Balaban J connectivity index is 1.55. The Kier molecular flexibility index (Phi) is 39.3. The van der Waals surface area contributed by atoms with Gasteiger partial charge in [-0.05, 0) is 103 Å². The van der Waals surface area contributed by atoms with Gasteiger partial charge in [0.05, 0.1) is 68.2 Å². The number of unbranched alkanes of at least 4 members (excludes halogenated alkanes) is 10. The maximum absolute atomic E-state index is 14.8. The van der Waals surface area contributed by atoms with Crippen LogP contribution < -0.4 is 69.5 Å². The standard InChI is InChI=1S/C75H121N15O24/c1-9-10-11-12-13-14-15-16-17-18-19-21-47-34-55(100)83-58(40(5)91)69(107)80-39(4)64(102)82-50(32-44-23-25-45(95)26-24-44)66(104)85-57(38(2)3)73(111)90-37-46(96)33-51(90)67(105)86-60(42(7)93)71(109)87-61(43(8)94)74(112)89-31-28-52(97)63(89)72(110)88-62(53(98)35-54(76)99)68(106)79-36-56(101)84-59(41(6)92)70(108)81-49(75(113)114-47)22-20-29-78-65(103)48-27-30-77-48/h23-26,38-43,46-53,57-63,77,91-98H,9-22,27-37H2,1-8H3,(H2,76,99)(H,78,103)(H,79,106)(H,80,107)(H,81,108)(H,82,102)(H,83,100)(H,84,101)(H,85,104)(H,86,105)(H,87,109)(H,88,110)/t39-,40-,41-,42-,43-,46-,47-,48+,49+,50+,51+,52+,53-,57+,58-,59-,60-,61+,62+,63+/m1/s1. The minimum atomic E-state index is -2.24. The molecule has 5 rings (SSSR count). The molecule has 4 aliphatic heterocycles. The normalized spacial score (nSPS) is 28.5. The molecular formula is C75H121N15O24. The molecule has 1 aromatic carbocycles. The molecule has 0 bridgehead atoms. The molecule has 0 spiro atoms. The number of fused-ring (bicyclic) bond motifs is 2. The zero-order valence-electron chi connectivity index (χ0n) is 66.2. The van der Waals surface area contributed by atoms with Crippen LogP contribution in [-0.2, 0) is 83.1 Å². The van der Waals surface area contributed by atoms with Crippen LogP contribution in [0.5, 0.6) is 5.75 Å². The Hall–Kier alpha value is -9.25. The van der Waals surface area contributed by atoms with E-state index in [9.17, 15) is 113 Å². The molecule has 0 aromatic heterocycles. The second kappa shape index (κ2) is 46.9. The van der Waals surface area contributed by atoms with Crippen LogP contribution in [0.25, 0.3) is 0 Å². The molecule has 0 aliphatic carbocycles. The third-order valence-corrected chi connectivity index (χ3v) is 20.4. The third-order valence-electron chi connectivity index (χ3n) is 20.4. The average molecular weight is 1620 g/mol. The van der Waals surface area contributed by atoms with E-state index >= 15 is 0 Å². The van der Waals surface area contributed by atoms with Gasteiger partial charge in [-0.15, -0.1) is 0 Å². The Morgan fingerprint density at radius 3 is 1.64 bits per heavy atom. The lowest BCUT2D eigenvalue weighted by Crippen LogP contribution is -2.64. The summed E-state index contributed by atoms with van der Waals surface area (Å²) in [5, 5.41) is 117. The summed E-state index contributed by atoms with van der Waals surface area (Å²) in [6.45, 7) is 9.20. The van der Waals surface area contributed by atoms with Gasteiger partial charge in [-0.1, -0.05) is 97.1 Å². The van der Waals surface area contributed by atoms with Crippen molar-refractivity contribution in [1.29, 1.82) is 0 Å². The number of esters is 1. The molecule has 114 heavy (non-hydrogen) atoms. The molecule has 0 radical (unpaired) electrons. The Morgan fingerprint density at radius 1 is 0.561 bits per heavy atom. The first kappa shape index (κ1) is 95.3. The number of phenols is 1. The molecule has 4 saturated heterocycles. The second-order valence-electron chi connectivity index (χ2n) is 30.5. The number of nitrogens with two attached hydrogens (primary N) is 1. The third kappa shape index (κ3) is 29.9. The first-order valence-electron chi connectivity index (χ1n) is 39.5. The van der Waals surface area contributed by atoms with Gasteiger partial charge in [-0.2, -0.15) is 0 Å². The zero-order valence-corrected chi connectivity index (χ0v) is 66.2. The number of ether oxygens (including phenoxy) is 1. The first-order valence-corrected chi connectivity index (χ1v) is 39.5. The van der Waals surface area contributed by atoms with E-state index in [0.29, 0.717) is 36.3 Å². The van der Waals surface area contributed by atoms with Gasteiger partial charge in [-0.3, -0.25) is 67.1 Å². The molecule has 39 nitrogen and oxygen atoms in total. The van der Waals surface area contributed by atoms with Crippen LogP contribution in [0.1, 0.15) is 183 Å². The fourth-order valence-corrected chi connectivity index (χ4v) is 13.6. The summed E-state index contributed by atoms with van der Waals surface area (Å²) in [6, 6.07) is -15.1. The summed E-state index contributed by atoms with van der Waals surface area (Å²) in [5.74, 6) is -17.7. The lowest BCUT2D eigenvalue weighted by atomic mass is 9.99. The summed E-state index contributed by atoms with van der Waals surface area (Å²) < 4.78 is 6.04. The molecule has 14 amide bonds. The fourth-order valence-electron chi connectivity index (χ4n) is 13.6. The van der Waals surface area contributed by atoms with Crippen molar-refractivity contribution in [3.8, 4) is 5.75 Å². The van der Waals surface area contributed by atoms with Gasteiger partial charge in [0.25, 0.3) is 0 Å². The lowest BCUT2D eigenvalue weighted by Gasteiger charge is -2.34. The highest BCUT2D eigenvalue weighted by atomic mass is 16.5. The number of aliphatic hydroxyl groups is 7. The van der Waals surface area contributed by atoms with Crippen molar-refractivity contribution in [1.82, 2.24) is 73.6 Å².